The Bertz CT molecular complexity index is 3040. The highest BCUT2D eigenvalue weighted by Gasteiger charge is 2.36. The van der Waals surface area contributed by atoms with Gasteiger partial charge in [0, 0.05) is 5.41 Å². The highest BCUT2D eigenvalue weighted by molar-refractivity contribution is 6.27. The minimum absolute atomic E-state index is 0.157. The van der Waals surface area contributed by atoms with Gasteiger partial charge in [-0.2, -0.15) is 0 Å². The van der Waals surface area contributed by atoms with Crippen molar-refractivity contribution in [2.75, 3.05) is 0 Å². The van der Waals surface area contributed by atoms with E-state index < -0.39 is 0 Å². The fraction of sp³-hybridized carbons (Fsp3) is 0.0588. The molecule has 1 aliphatic carbocycles. The topological polar surface area (TPSA) is 0 Å². The summed E-state index contributed by atoms with van der Waals surface area (Å²) in [6, 6.07) is 63.6. The smallest absolute Gasteiger partial charge is 0.0159 e. The molecular formula is C51H34. The second-order valence-electron chi connectivity index (χ2n) is 14.8. The van der Waals surface area contributed by atoms with E-state index in [1.807, 2.05) is 0 Å². The molecule has 0 bridgehead atoms. The standard InChI is InChI=1S/C51H34/c1-51(2)47-28-32(26-27-38(47)46-29-44-36-19-7-5-17-34(36)35-18-6-8-20-37(35)45(44)30-48(46)51)49-40-21-9-11-23-42(40)50(43-24-12-10-22-41(43)49)39-25-13-15-31-14-3-4-16-33(31)39/h3-30H,1-2H3. The van der Waals surface area contributed by atoms with Gasteiger partial charge in [-0.25, -0.2) is 0 Å². The second-order valence-corrected chi connectivity index (χ2v) is 14.8. The summed E-state index contributed by atoms with van der Waals surface area (Å²) < 4.78 is 0. The Kier molecular flexibility index (Phi) is 5.82. The molecule has 51 heavy (non-hydrogen) atoms. The summed E-state index contributed by atoms with van der Waals surface area (Å²) in [5.74, 6) is 0. The molecule has 0 N–H and O–H groups in total. The van der Waals surface area contributed by atoms with Crippen molar-refractivity contribution < 1.29 is 0 Å². The normalized spacial score (nSPS) is 13.5. The Labute approximate surface area is 297 Å². The van der Waals surface area contributed by atoms with E-state index in [2.05, 4.69) is 184 Å². The van der Waals surface area contributed by atoms with Crippen molar-refractivity contribution in [3.8, 4) is 33.4 Å². The molecule has 0 atom stereocenters. The van der Waals surface area contributed by atoms with Gasteiger partial charge < -0.3 is 0 Å². The lowest BCUT2D eigenvalue weighted by Crippen LogP contribution is -2.15. The molecule has 1 aliphatic rings. The average Bonchev–Trinajstić information content (AvgIpc) is 3.40. The molecule has 0 nitrogen and oxygen atoms in total. The first kappa shape index (κ1) is 28.6. The predicted octanol–water partition coefficient (Wildman–Crippen LogP) is 14.2. The molecule has 0 radical (unpaired) electrons. The van der Waals surface area contributed by atoms with Gasteiger partial charge in [0.25, 0.3) is 0 Å². The zero-order chi connectivity index (χ0) is 33.8. The fourth-order valence-electron chi connectivity index (χ4n) is 9.46. The average molecular weight is 647 g/mol. The number of hydrogen-bond donors (Lipinski definition) is 0. The summed E-state index contributed by atoms with van der Waals surface area (Å²) in [4.78, 5) is 0. The monoisotopic (exact) mass is 646 g/mol. The molecular weight excluding hydrogens is 613 g/mol. The van der Waals surface area contributed by atoms with Gasteiger partial charge in [0.2, 0.25) is 0 Å². The first-order valence-electron chi connectivity index (χ1n) is 18.0. The summed E-state index contributed by atoms with van der Waals surface area (Å²) in [5, 5.41) is 15.7. The van der Waals surface area contributed by atoms with E-state index in [-0.39, 0.29) is 5.41 Å². The van der Waals surface area contributed by atoms with Crippen molar-refractivity contribution >= 4 is 64.6 Å². The predicted molar refractivity (Wildman–Crippen MR) is 220 cm³/mol. The highest BCUT2D eigenvalue weighted by atomic mass is 14.4. The molecule has 0 aromatic heterocycles. The summed E-state index contributed by atoms with van der Waals surface area (Å²) in [6.45, 7) is 4.83. The number of fused-ring (bicyclic) bond motifs is 12. The zero-order valence-corrected chi connectivity index (χ0v) is 28.7. The third-order valence-corrected chi connectivity index (χ3v) is 11.8. The summed E-state index contributed by atoms with van der Waals surface area (Å²) in [7, 11) is 0. The molecule has 238 valence electrons. The fourth-order valence-corrected chi connectivity index (χ4v) is 9.46. The van der Waals surface area contributed by atoms with Crippen LogP contribution in [0.15, 0.2) is 170 Å². The molecule has 0 aliphatic heterocycles. The van der Waals surface area contributed by atoms with Crippen molar-refractivity contribution in [1.82, 2.24) is 0 Å². The highest BCUT2D eigenvalue weighted by Crippen LogP contribution is 2.53. The van der Waals surface area contributed by atoms with Crippen LogP contribution in [-0.4, -0.2) is 0 Å². The maximum Gasteiger partial charge on any atom is 0.0159 e. The summed E-state index contributed by atoms with van der Waals surface area (Å²) >= 11 is 0. The minimum atomic E-state index is -0.157. The van der Waals surface area contributed by atoms with Gasteiger partial charge in [0.05, 0.1) is 0 Å². The van der Waals surface area contributed by atoms with E-state index in [4.69, 9.17) is 0 Å². The third-order valence-electron chi connectivity index (χ3n) is 11.8. The lowest BCUT2D eigenvalue weighted by molar-refractivity contribution is 0.661. The van der Waals surface area contributed by atoms with Gasteiger partial charge in [0.15, 0.2) is 0 Å². The van der Waals surface area contributed by atoms with Crippen molar-refractivity contribution in [2.45, 2.75) is 19.3 Å². The van der Waals surface area contributed by atoms with E-state index >= 15 is 0 Å². The van der Waals surface area contributed by atoms with Gasteiger partial charge in [0.1, 0.15) is 0 Å². The molecule has 0 spiro atoms. The molecule has 0 unspecified atom stereocenters. The largest absolute Gasteiger partial charge is 0.0616 e. The third kappa shape index (κ3) is 3.91. The quantitative estimate of drug-likeness (QED) is 0.129. The van der Waals surface area contributed by atoms with Crippen LogP contribution in [-0.2, 0) is 5.41 Å². The lowest BCUT2D eigenvalue weighted by Gasteiger charge is -2.24. The first-order chi connectivity index (χ1) is 25.1. The first-order valence-corrected chi connectivity index (χ1v) is 18.0. The van der Waals surface area contributed by atoms with Crippen LogP contribution in [0.1, 0.15) is 25.0 Å². The van der Waals surface area contributed by atoms with Crippen LogP contribution in [0, 0.1) is 0 Å². The molecule has 0 heteroatoms. The molecule has 10 aromatic rings. The van der Waals surface area contributed by atoms with Crippen LogP contribution in [0.25, 0.3) is 98.0 Å². The van der Waals surface area contributed by atoms with Crippen LogP contribution >= 0.6 is 0 Å². The summed E-state index contributed by atoms with van der Waals surface area (Å²) in [5.41, 5.74) is 10.5. The van der Waals surface area contributed by atoms with E-state index in [0.29, 0.717) is 0 Å². The molecule has 11 rings (SSSR count). The van der Waals surface area contributed by atoms with E-state index in [9.17, 15) is 0 Å². The zero-order valence-electron chi connectivity index (χ0n) is 28.7. The van der Waals surface area contributed by atoms with Gasteiger partial charge in [-0.1, -0.05) is 166 Å². The Morgan fingerprint density at radius 2 is 0.745 bits per heavy atom. The molecule has 0 saturated carbocycles. The Morgan fingerprint density at radius 3 is 1.35 bits per heavy atom. The SMILES string of the molecule is CC1(C)c2cc(-c3c4ccccc4c(-c4cccc5ccccc45)c4ccccc34)ccc2-c2cc3c4ccccc4c4ccccc4c3cc21. The van der Waals surface area contributed by atoms with Crippen molar-refractivity contribution in [3.05, 3.63) is 181 Å². The van der Waals surface area contributed by atoms with E-state index in [0.717, 1.165) is 0 Å². The maximum atomic E-state index is 2.50. The Morgan fingerprint density at radius 1 is 0.294 bits per heavy atom. The van der Waals surface area contributed by atoms with E-state index in [1.165, 1.54) is 109 Å². The second kappa shape index (κ2) is 10.4. The minimum Gasteiger partial charge on any atom is -0.0616 e. The van der Waals surface area contributed by atoms with Gasteiger partial charge in [-0.15, -0.1) is 0 Å². The van der Waals surface area contributed by atoms with Gasteiger partial charge in [-0.3, -0.25) is 0 Å². The van der Waals surface area contributed by atoms with E-state index in [1.54, 1.807) is 0 Å². The lowest BCUT2D eigenvalue weighted by atomic mass is 9.79. The van der Waals surface area contributed by atoms with Crippen molar-refractivity contribution in [2.24, 2.45) is 0 Å². The molecule has 0 saturated heterocycles. The number of hydrogen-bond acceptors (Lipinski definition) is 0. The van der Waals surface area contributed by atoms with Crippen LogP contribution < -0.4 is 0 Å². The van der Waals surface area contributed by atoms with Gasteiger partial charge >= 0.3 is 0 Å². The molecule has 0 fully saturated rings. The maximum absolute atomic E-state index is 2.50. The Hall–Kier alpha value is -6.24. The van der Waals surface area contributed by atoms with Crippen molar-refractivity contribution in [1.29, 1.82) is 0 Å². The molecule has 0 heterocycles. The van der Waals surface area contributed by atoms with Crippen LogP contribution in [0.5, 0.6) is 0 Å². The van der Waals surface area contributed by atoms with Crippen LogP contribution in [0.2, 0.25) is 0 Å². The van der Waals surface area contributed by atoms with Crippen LogP contribution in [0.4, 0.5) is 0 Å². The van der Waals surface area contributed by atoms with Gasteiger partial charge in [-0.05, 0) is 127 Å². The molecule has 0 amide bonds. The number of rotatable bonds is 2. The summed E-state index contributed by atoms with van der Waals surface area (Å²) in [6.07, 6.45) is 0. The molecule has 10 aromatic carbocycles. The number of benzene rings is 10. The van der Waals surface area contributed by atoms with Crippen molar-refractivity contribution in [3.63, 3.8) is 0 Å². The van der Waals surface area contributed by atoms with Crippen LogP contribution in [0.3, 0.4) is 0 Å². The Balaban J connectivity index is 1.18.